The minimum atomic E-state index is 0. The summed E-state index contributed by atoms with van der Waals surface area (Å²) in [5, 5.41) is 3.51. The molecule has 1 N–H and O–H groups in total. The maximum atomic E-state index is 5.51. The van der Waals surface area contributed by atoms with Crippen LogP contribution in [0, 0.1) is 5.92 Å². The molecule has 0 amide bonds. The lowest BCUT2D eigenvalue weighted by atomic mass is 10.1. The van der Waals surface area contributed by atoms with Crippen molar-refractivity contribution < 1.29 is 4.74 Å². The first-order chi connectivity index (χ1) is 13.8. The number of nitrogens with one attached hydrogen (secondary N) is 1. The van der Waals surface area contributed by atoms with Crippen molar-refractivity contribution >= 4 is 29.9 Å². The van der Waals surface area contributed by atoms with Crippen molar-refractivity contribution in [2.24, 2.45) is 10.9 Å². The number of ether oxygens (including phenoxy) is 1. The molecule has 2 saturated heterocycles. The van der Waals surface area contributed by atoms with Crippen LogP contribution in [0.3, 0.4) is 0 Å². The highest BCUT2D eigenvalue weighted by molar-refractivity contribution is 14.0. The van der Waals surface area contributed by atoms with Crippen LogP contribution in [-0.4, -0.2) is 83.3 Å². The van der Waals surface area contributed by atoms with Gasteiger partial charge in [0.05, 0.1) is 6.61 Å². The first-order valence-corrected chi connectivity index (χ1v) is 10.0. The summed E-state index contributed by atoms with van der Waals surface area (Å²) in [6.45, 7) is 7.82. The number of pyridine rings is 1. The zero-order valence-electron chi connectivity index (χ0n) is 16.9. The van der Waals surface area contributed by atoms with E-state index in [0.29, 0.717) is 12.5 Å². The van der Waals surface area contributed by atoms with Gasteiger partial charge in [0.15, 0.2) is 5.96 Å². The molecule has 2 aliphatic rings. The Bertz CT molecular complexity index is 769. The predicted octanol–water partition coefficient (Wildman–Crippen LogP) is 1.61. The molecular weight excluding hydrogens is 481 g/mol. The normalized spacial score (nSPS) is 20.5. The molecule has 1 unspecified atom stereocenters. The second-order valence-electron chi connectivity index (χ2n) is 7.37. The number of aliphatic imine (C=N–C) groups is 1. The molecule has 0 saturated carbocycles. The Balaban J connectivity index is 0.00000240. The summed E-state index contributed by atoms with van der Waals surface area (Å²) in [5.41, 5.74) is 1.11. The standard InChI is InChI=1S/C20H29N7O.HI/c1-21-20(26-10-8-25(9-11-26)14-17-4-12-28-15-17)24-13-18-3-2-5-23-19(18)27-7-6-22-16-27;/h2-3,5-7,16-17H,4,8-15H2,1H3,(H,21,24);1H. The average Bonchev–Trinajstić information content (AvgIpc) is 3.44. The lowest BCUT2D eigenvalue weighted by molar-refractivity contribution is 0.139. The predicted molar refractivity (Wildman–Crippen MR) is 124 cm³/mol. The molecule has 2 aromatic rings. The van der Waals surface area contributed by atoms with Crippen LogP contribution in [0.1, 0.15) is 12.0 Å². The van der Waals surface area contributed by atoms with Gasteiger partial charge in [0.1, 0.15) is 12.1 Å². The van der Waals surface area contributed by atoms with Crippen LogP contribution < -0.4 is 5.32 Å². The van der Waals surface area contributed by atoms with Gasteiger partial charge in [0, 0.05) is 77.1 Å². The number of rotatable bonds is 5. The summed E-state index contributed by atoms with van der Waals surface area (Å²) < 4.78 is 7.44. The van der Waals surface area contributed by atoms with E-state index in [0.717, 1.165) is 63.3 Å². The van der Waals surface area contributed by atoms with Crippen LogP contribution in [0.15, 0.2) is 42.0 Å². The van der Waals surface area contributed by atoms with Crippen LogP contribution in [0.4, 0.5) is 0 Å². The van der Waals surface area contributed by atoms with Crippen molar-refractivity contribution in [2.45, 2.75) is 13.0 Å². The monoisotopic (exact) mass is 511 g/mol. The molecule has 8 nitrogen and oxygen atoms in total. The van der Waals surface area contributed by atoms with Crippen molar-refractivity contribution in [2.75, 3.05) is 53.0 Å². The molecule has 9 heteroatoms. The first kappa shape index (κ1) is 22.0. The maximum absolute atomic E-state index is 5.51. The van der Waals surface area contributed by atoms with Crippen molar-refractivity contribution in [1.82, 2.24) is 29.7 Å². The first-order valence-electron chi connectivity index (χ1n) is 10.0. The van der Waals surface area contributed by atoms with E-state index in [1.54, 1.807) is 12.5 Å². The molecule has 0 aliphatic carbocycles. The zero-order valence-corrected chi connectivity index (χ0v) is 19.2. The lowest BCUT2D eigenvalue weighted by Crippen LogP contribution is -2.53. The van der Waals surface area contributed by atoms with Gasteiger partial charge in [-0.15, -0.1) is 24.0 Å². The Morgan fingerprint density at radius 3 is 2.83 bits per heavy atom. The van der Waals surface area contributed by atoms with E-state index < -0.39 is 0 Å². The Morgan fingerprint density at radius 1 is 1.28 bits per heavy atom. The Morgan fingerprint density at radius 2 is 2.14 bits per heavy atom. The number of imidazole rings is 1. The third kappa shape index (κ3) is 5.67. The van der Waals surface area contributed by atoms with E-state index in [-0.39, 0.29) is 24.0 Å². The Labute approximate surface area is 189 Å². The number of nitrogens with zero attached hydrogens (tertiary/aromatic N) is 6. The molecule has 2 aromatic heterocycles. The van der Waals surface area contributed by atoms with E-state index in [9.17, 15) is 0 Å². The molecule has 0 radical (unpaired) electrons. The van der Waals surface area contributed by atoms with Crippen LogP contribution >= 0.6 is 24.0 Å². The SMILES string of the molecule is CN=C(NCc1cccnc1-n1ccnc1)N1CCN(CC2CCOC2)CC1.I. The Hall–Kier alpha value is -1.72. The third-order valence-corrected chi connectivity index (χ3v) is 5.48. The molecule has 0 spiro atoms. The van der Waals surface area contributed by atoms with Gasteiger partial charge in [-0.3, -0.25) is 14.5 Å². The summed E-state index contributed by atoms with van der Waals surface area (Å²) >= 11 is 0. The minimum absolute atomic E-state index is 0. The number of hydrogen-bond acceptors (Lipinski definition) is 5. The highest BCUT2D eigenvalue weighted by Crippen LogP contribution is 2.15. The fourth-order valence-electron chi connectivity index (χ4n) is 3.93. The summed E-state index contributed by atoms with van der Waals surface area (Å²) in [4.78, 5) is 18.0. The van der Waals surface area contributed by atoms with Crippen molar-refractivity contribution in [3.05, 3.63) is 42.6 Å². The van der Waals surface area contributed by atoms with E-state index in [4.69, 9.17) is 4.74 Å². The fourth-order valence-corrected chi connectivity index (χ4v) is 3.93. The van der Waals surface area contributed by atoms with Gasteiger partial charge >= 0.3 is 0 Å². The molecule has 29 heavy (non-hydrogen) atoms. The van der Waals surface area contributed by atoms with Gasteiger partial charge in [0.2, 0.25) is 0 Å². The van der Waals surface area contributed by atoms with Crippen molar-refractivity contribution in [3.8, 4) is 5.82 Å². The van der Waals surface area contributed by atoms with Crippen LogP contribution in [0.5, 0.6) is 0 Å². The van der Waals surface area contributed by atoms with Gasteiger partial charge in [-0.1, -0.05) is 6.07 Å². The number of halogens is 1. The summed E-state index contributed by atoms with van der Waals surface area (Å²) in [5.74, 6) is 2.55. The van der Waals surface area contributed by atoms with Gasteiger partial charge in [-0.25, -0.2) is 9.97 Å². The van der Waals surface area contributed by atoms with E-state index in [1.165, 1.54) is 6.42 Å². The molecule has 0 aromatic carbocycles. The van der Waals surface area contributed by atoms with Crippen molar-refractivity contribution in [1.29, 1.82) is 0 Å². The second-order valence-corrected chi connectivity index (χ2v) is 7.37. The number of hydrogen-bond donors (Lipinski definition) is 1. The van der Waals surface area contributed by atoms with Crippen molar-refractivity contribution in [3.63, 3.8) is 0 Å². The number of aromatic nitrogens is 3. The molecule has 2 fully saturated rings. The molecular formula is C20H30IN7O. The van der Waals surface area contributed by atoms with Crippen LogP contribution in [0.25, 0.3) is 5.82 Å². The number of piperazine rings is 1. The Kier molecular flexibility index (Phi) is 8.25. The molecule has 4 heterocycles. The van der Waals surface area contributed by atoms with E-state index in [1.807, 2.05) is 30.1 Å². The molecule has 2 aliphatic heterocycles. The van der Waals surface area contributed by atoms with Crippen LogP contribution in [-0.2, 0) is 11.3 Å². The summed E-state index contributed by atoms with van der Waals surface area (Å²) in [6.07, 6.45) is 8.46. The largest absolute Gasteiger partial charge is 0.381 e. The summed E-state index contributed by atoms with van der Waals surface area (Å²) in [6, 6.07) is 4.05. The van der Waals surface area contributed by atoms with Gasteiger partial charge in [-0.2, -0.15) is 0 Å². The second kappa shape index (κ2) is 10.9. The molecule has 158 valence electrons. The highest BCUT2D eigenvalue weighted by Gasteiger charge is 2.24. The molecule has 1 atom stereocenters. The minimum Gasteiger partial charge on any atom is -0.381 e. The number of guanidine groups is 1. The quantitative estimate of drug-likeness (QED) is 0.374. The van der Waals surface area contributed by atoms with Gasteiger partial charge in [-0.05, 0) is 18.4 Å². The fraction of sp³-hybridized carbons (Fsp3) is 0.550. The summed E-state index contributed by atoms with van der Waals surface area (Å²) in [7, 11) is 1.85. The smallest absolute Gasteiger partial charge is 0.194 e. The van der Waals surface area contributed by atoms with Gasteiger partial charge < -0.3 is 15.0 Å². The highest BCUT2D eigenvalue weighted by atomic mass is 127. The molecule has 4 rings (SSSR count). The van der Waals surface area contributed by atoms with Crippen LogP contribution in [0.2, 0.25) is 0 Å². The average molecular weight is 511 g/mol. The maximum Gasteiger partial charge on any atom is 0.194 e. The lowest BCUT2D eigenvalue weighted by Gasteiger charge is -2.37. The molecule has 0 bridgehead atoms. The topological polar surface area (TPSA) is 70.8 Å². The third-order valence-electron chi connectivity index (χ3n) is 5.48. The van der Waals surface area contributed by atoms with E-state index in [2.05, 4.69) is 36.1 Å². The van der Waals surface area contributed by atoms with Gasteiger partial charge in [0.25, 0.3) is 0 Å². The van der Waals surface area contributed by atoms with E-state index >= 15 is 0 Å². The zero-order chi connectivity index (χ0) is 19.2.